The summed E-state index contributed by atoms with van der Waals surface area (Å²) in [6.45, 7) is 1.99. The summed E-state index contributed by atoms with van der Waals surface area (Å²) in [4.78, 5) is 27.6. The Labute approximate surface area is 192 Å². The summed E-state index contributed by atoms with van der Waals surface area (Å²) in [5, 5.41) is 7.12. The summed E-state index contributed by atoms with van der Waals surface area (Å²) in [5.74, 6) is -0.704. The molecule has 1 amide bonds. The van der Waals surface area contributed by atoms with Gasteiger partial charge in [-0.25, -0.2) is 4.79 Å². The van der Waals surface area contributed by atoms with Gasteiger partial charge in [0.2, 0.25) is 6.79 Å². The van der Waals surface area contributed by atoms with Crippen molar-refractivity contribution in [1.82, 2.24) is 9.88 Å². The molecule has 1 unspecified atom stereocenters. The molecule has 1 aromatic heterocycles. The van der Waals surface area contributed by atoms with Crippen molar-refractivity contribution in [1.29, 1.82) is 0 Å². The Balaban J connectivity index is 0.000000344. The quantitative estimate of drug-likeness (QED) is 0.712. The molecule has 12 heteroatoms. The zero-order chi connectivity index (χ0) is 24.3. The molecule has 1 atom stereocenters. The van der Waals surface area contributed by atoms with Gasteiger partial charge in [-0.3, -0.25) is 9.78 Å². The molecule has 2 saturated heterocycles. The van der Waals surface area contributed by atoms with E-state index in [1.165, 1.54) is 0 Å². The molecule has 3 aliphatic rings. The number of alkyl halides is 3. The zero-order valence-corrected chi connectivity index (χ0v) is 17.8. The highest BCUT2D eigenvalue weighted by Gasteiger charge is 2.50. The van der Waals surface area contributed by atoms with Crippen LogP contribution in [0.2, 0.25) is 0 Å². The normalized spacial score (nSPS) is 20.1. The summed E-state index contributed by atoms with van der Waals surface area (Å²) >= 11 is 0. The second-order valence-corrected chi connectivity index (χ2v) is 7.99. The van der Waals surface area contributed by atoms with Crippen LogP contribution in [0, 0.1) is 0 Å². The molecule has 182 valence electrons. The van der Waals surface area contributed by atoms with Gasteiger partial charge in [-0.2, -0.15) is 13.2 Å². The number of ether oxygens (including phenoxy) is 4. The largest absolute Gasteiger partial charge is 0.490 e. The van der Waals surface area contributed by atoms with Crippen molar-refractivity contribution in [3.05, 3.63) is 48.3 Å². The summed E-state index contributed by atoms with van der Waals surface area (Å²) in [5.41, 5.74) is 0.296. The molecular weight excluding hydrogens is 461 g/mol. The maximum Gasteiger partial charge on any atom is 0.490 e. The number of pyridine rings is 1. The highest BCUT2D eigenvalue weighted by Crippen LogP contribution is 2.38. The number of carboxylic acids is 1. The summed E-state index contributed by atoms with van der Waals surface area (Å²) in [6, 6.07) is 9.06. The van der Waals surface area contributed by atoms with Crippen LogP contribution in [0.25, 0.3) is 0 Å². The first kappa shape index (κ1) is 23.6. The van der Waals surface area contributed by atoms with Crippen molar-refractivity contribution in [2.24, 2.45) is 0 Å². The number of carbonyl (C=O) groups excluding carboxylic acids is 1. The van der Waals surface area contributed by atoms with Gasteiger partial charge < -0.3 is 29.0 Å². The second kappa shape index (κ2) is 9.37. The molecule has 0 aliphatic carbocycles. The van der Waals surface area contributed by atoms with E-state index in [1.807, 2.05) is 17.0 Å². The van der Waals surface area contributed by atoms with Crippen LogP contribution in [-0.2, 0) is 9.53 Å². The highest BCUT2D eigenvalue weighted by atomic mass is 19.4. The smallest absolute Gasteiger partial charge is 0.489 e. The average Bonchev–Trinajstić information content (AvgIpc) is 3.25. The van der Waals surface area contributed by atoms with Gasteiger partial charge in [0.05, 0.1) is 25.9 Å². The van der Waals surface area contributed by atoms with E-state index in [0.717, 1.165) is 18.6 Å². The van der Waals surface area contributed by atoms with Crippen LogP contribution in [0.3, 0.4) is 0 Å². The van der Waals surface area contributed by atoms with E-state index >= 15 is 0 Å². The van der Waals surface area contributed by atoms with Crippen molar-refractivity contribution >= 4 is 11.9 Å². The van der Waals surface area contributed by atoms with Crippen molar-refractivity contribution < 1.29 is 46.8 Å². The van der Waals surface area contributed by atoms with Gasteiger partial charge in [-0.1, -0.05) is 0 Å². The molecule has 9 nitrogen and oxygen atoms in total. The van der Waals surface area contributed by atoms with Crippen LogP contribution in [-0.4, -0.2) is 71.2 Å². The van der Waals surface area contributed by atoms with Gasteiger partial charge >= 0.3 is 12.1 Å². The van der Waals surface area contributed by atoms with E-state index < -0.39 is 12.1 Å². The summed E-state index contributed by atoms with van der Waals surface area (Å²) in [7, 11) is 0. The number of fused-ring (bicyclic) bond motifs is 1. The Morgan fingerprint density at radius 3 is 2.59 bits per heavy atom. The third-order valence-electron chi connectivity index (χ3n) is 5.49. The lowest BCUT2D eigenvalue weighted by molar-refractivity contribution is -0.192. The van der Waals surface area contributed by atoms with Crippen molar-refractivity contribution in [3.8, 4) is 17.2 Å². The fraction of sp³-hybridized carbons (Fsp3) is 0.409. The molecule has 1 spiro atoms. The monoisotopic (exact) mass is 482 g/mol. The predicted molar refractivity (Wildman–Crippen MR) is 109 cm³/mol. The fourth-order valence-corrected chi connectivity index (χ4v) is 3.92. The Bertz CT molecular complexity index is 1040. The van der Waals surface area contributed by atoms with Crippen LogP contribution in [0.15, 0.2) is 42.7 Å². The second-order valence-electron chi connectivity index (χ2n) is 7.99. The van der Waals surface area contributed by atoms with Gasteiger partial charge in [-0.05, 0) is 30.3 Å². The van der Waals surface area contributed by atoms with E-state index in [0.29, 0.717) is 36.8 Å². The number of carbonyl (C=O) groups is 2. The Kier molecular flexibility index (Phi) is 6.51. The fourth-order valence-electron chi connectivity index (χ4n) is 3.92. The molecule has 5 rings (SSSR count). The van der Waals surface area contributed by atoms with Crippen molar-refractivity contribution in [2.75, 3.05) is 26.5 Å². The number of amides is 1. The van der Waals surface area contributed by atoms with Gasteiger partial charge in [0, 0.05) is 24.6 Å². The first-order valence-corrected chi connectivity index (χ1v) is 10.3. The number of benzene rings is 1. The maximum absolute atomic E-state index is 12.8. The van der Waals surface area contributed by atoms with E-state index in [1.54, 1.807) is 30.6 Å². The van der Waals surface area contributed by atoms with Gasteiger partial charge in [0.1, 0.15) is 17.5 Å². The molecule has 2 fully saturated rings. The molecule has 34 heavy (non-hydrogen) atoms. The number of hydrogen-bond donors (Lipinski definition) is 1. The van der Waals surface area contributed by atoms with E-state index in [9.17, 15) is 18.0 Å². The topological polar surface area (TPSA) is 107 Å². The molecule has 1 N–H and O–H groups in total. The number of aliphatic carboxylic acids is 1. The van der Waals surface area contributed by atoms with E-state index in [2.05, 4.69) is 4.98 Å². The predicted octanol–water partition coefficient (Wildman–Crippen LogP) is 2.90. The van der Waals surface area contributed by atoms with E-state index in [-0.39, 0.29) is 24.4 Å². The standard InChI is InChI=1S/C20H20N2O5.C2HF3O2/c23-19(14-3-4-17-18(8-14)25-13-24-17)22-11-20(12-22)9-15(5-7-26-20)27-16-2-1-6-21-10-16;3-2(4,5)1(6)7/h1-4,6,8,10,15H,5,7,9,11-13H2;(H,6,7). The first-order valence-electron chi connectivity index (χ1n) is 10.3. The number of rotatable bonds is 3. The minimum atomic E-state index is -5.08. The molecule has 0 bridgehead atoms. The number of aromatic nitrogens is 1. The molecular formula is C22H21F3N2O7. The highest BCUT2D eigenvalue weighted by molar-refractivity contribution is 5.95. The van der Waals surface area contributed by atoms with Crippen LogP contribution < -0.4 is 14.2 Å². The first-order chi connectivity index (χ1) is 16.2. The Morgan fingerprint density at radius 1 is 1.18 bits per heavy atom. The number of halogens is 3. The lowest BCUT2D eigenvalue weighted by Crippen LogP contribution is -2.67. The number of likely N-dealkylation sites (tertiary alicyclic amines) is 1. The minimum absolute atomic E-state index is 0.0159. The van der Waals surface area contributed by atoms with Gasteiger partial charge in [0.15, 0.2) is 11.5 Å². The maximum atomic E-state index is 12.8. The van der Waals surface area contributed by atoms with Crippen LogP contribution in [0.1, 0.15) is 23.2 Å². The van der Waals surface area contributed by atoms with Crippen molar-refractivity contribution in [2.45, 2.75) is 30.7 Å². The third-order valence-corrected chi connectivity index (χ3v) is 5.49. The zero-order valence-electron chi connectivity index (χ0n) is 17.8. The molecule has 3 aliphatic heterocycles. The minimum Gasteiger partial charge on any atom is -0.489 e. The number of carboxylic acid groups (broad SMARTS) is 1. The number of hydrogen-bond acceptors (Lipinski definition) is 7. The Morgan fingerprint density at radius 2 is 1.91 bits per heavy atom. The van der Waals surface area contributed by atoms with Gasteiger partial charge in [0.25, 0.3) is 5.91 Å². The third kappa shape index (κ3) is 5.33. The number of nitrogens with zero attached hydrogens (tertiary/aromatic N) is 2. The van der Waals surface area contributed by atoms with Crippen LogP contribution in [0.4, 0.5) is 13.2 Å². The summed E-state index contributed by atoms with van der Waals surface area (Å²) in [6.07, 6.45) is 0.0488. The van der Waals surface area contributed by atoms with Crippen molar-refractivity contribution in [3.63, 3.8) is 0 Å². The molecule has 0 radical (unpaired) electrons. The molecule has 2 aromatic rings. The van der Waals surface area contributed by atoms with Crippen LogP contribution in [0.5, 0.6) is 17.2 Å². The lowest BCUT2D eigenvalue weighted by atomic mass is 9.84. The average molecular weight is 482 g/mol. The molecule has 0 saturated carbocycles. The lowest BCUT2D eigenvalue weighted by Gasteiger charge is -2.52. The summed E-state index contributed by atoms with van der Waals surface area (Å²) < 4.78 is 54.5. The van der Waals surface area contributed by atoms with Crippen LogP contribution >= 0.6 is 0 Å². The SMILES string of the molecule is O=C(O)C(F)(F)F.O=C(c1ccc2c(c1)OCO2)N1CC2(CC(Oc3cccnc3)CCO2)C1. The van der Waals surface area contributed by atoms with E-state index in [4.69, 9.17) is 28.8 Å². The Hall–Kier alpha value is -3.54. The van der Waals surface area contributed by atoms with Gasteiger partial charge in [-0.15, -0.1) is 0 Å². The molecule has 1 aromatic carbocycles. The molecule has 4 heterocycles.